The highest BCUT2D eigenvalue weighted by Crippen LogP contribution is 2.18. The lowest BCUT2D eigenvalue weighted by molar-refractivity contribution is 0.0936. The molecular formula is C19H19N5O2S. The number of nitrogens with one attached hydrogen (secondary N) is 3. The highest BCUT2D eigenvalue weighted by atomic mass is 32.1. The van der Waals surface area contributed by atoms with Crippen LogP contribution in [0.1, 0.15) is 21.6 Å². The maximum absolute atomic E-state index is 12.3. The second-order valence-electron chi connectivity index (χ2n) is 5.99. The van der Waals surface area contributed by atoms with Crippen LogP contribution in [-0.2, 0) is 0 Å². The summed E-state index contributed by atoms with van der Waals surface area (Å²) in [6.07, 6.45) is 1.37. The molecule has 4 N–H and O–H groups in total. The molecule has 3 aromatic rings. The summed E-state index contributed by atoms with van der Waals surface area (Å²) in [6, 6.07) is 15.1. The van der Waals surface area contributed by atoms with Gasteiger partial charge in [0.1, 0.15) is 0 Å². The Morgan fingerprint density at radius 3 is 2.59 bits per heavy atom. The van der Waals surface area contributed by atoms with E-state index >= 15 is 0 Å². The van der Waals surface area contributed by atoms with Crippen molar-refractivity contribution in [3.8, 4) is 11.4 Å². The van der Waals surface area contributed by atoms with Gasteiger partial charge in [-0.3, -0.25) is 15.6 Å². The van der Waals surface area contributed by atoms with Crippen LogP contribution < -0.4 is 16.2 Å². The smallest absolute Gasteiger partial charge is 0.294 e. The van der Waals surface area contributed by atoms with E-state index < -0.39 is 5.91 Å². The van der Waals surface area contributed by atoms with Gasteiger partial charge < -0.3 is 10.4 Å². The average Bonchev–Trinajstić information content (AvgIpc) is 3.05. The van der Waals surface area contributed by atoms with Crippen molar-refractivity contribution in [2.75, 3.05) is 5.32 Å². The molecule has 0 unspecified atom stereocenters. The van der Waals surface area contributed by atoms with Gasteiger partial charge in [0.15, 0.2) is 16.6 Å². The molecule has 0 aliphatic carbocycles. The summed E-state index contributed by atoms with van der Waals surface area (Å²) in [5.41, 5.74) is 8.62. The Labute approximate surface area is 162 Å². The fourth-order valence-corrected chi connectivity index (χ4v) is 2.60. The minimum Gasteiger partial charge on any atom is -0.504 e. The second kappa shape index (κ2) is 7.88. The van der Waals surface area contributed by atoms with Crippen LogP contribution in [0.25, 0.3) is 5.69 Å². The minimum absolute atomic E-state index is 0.110. The van der Waals surface area contributed by atoms with Crippen molar-refractivity contribution < 1.29 is 9.90 Å². The first-order valence-electron chi connectivity index (χ1n) is 8.22. The number of aromatic nitrogens is 2. The summed E-state index contributed by atoms with van der Waals surface area (Å²) in [7, 11) is 0. The number of nitrogens with zero attached hydrogens (tertiary/aromatic N) is 2. The second-order valence-corrected chi connectivity index (χ2v) is 6.40. The van der Waals surface area contributed by atoms with E-state index in [0.717, 1.165) is 22.5 Å². The number of rotatable bonds is 3. The predicted molar refractivity (Wildman–Crippen MR) is 108 cm³/mol. The number of para-hydroxylation sites is 1. The summed E-state index contributed by atoms with van der Waals surface area (Å²) in [5, 5.41) is 17.4. The molecule has 2 aromatic carbocycles. The van der Waals surface area contributed by atoms with Gasteiger partial charge in [0.05, 0.1) is 11.9 Å². The molecule has 3 rings (SSSR count). The molecule has 1 amide bonds. The first kappa shape index (κ1) is 18.4. The van der Waals surface area contributed by atoms with Crippen molar-refractivity contribution in [3.05, 3.63) is 71.5 Å². The highest BCUT2D eigenvalue weighted by Gasteiger charge is 2.17. The number of hydrogen-bond donors (Lipinski definition) is 4. The number of aryl methyl sites for hydroxylation is 2. The highest BCUT2D eigenvalue weighted by molar-refractivity contribution is 7.80. The normalized spacial score (nSPS) is 10.3. The fraction of sp³-hybridized carbons (Fsp3) is 0.105. The molecule has 0 aliphatic heterocycles. The lowest BCUT2D eigenvalue weighted by Gasteiger charge is -2.13. The van der Waals surface area contributed by atoms with Crippen molar-refractivity contribution >= 4 is 28.9 Å². The SMILES string of the molecule is Cc1ccc(C)c(NC(=S)NNC(=O)c2nn(-c3ccccc3)cc2O)c1. The maximum Gasteiger partial charge on any atom is 0.294 e. The van der Waals surface area contributed by atoms with Gasteiger partial charge in [0.2, 0.25) is 0 Å². The molecular weight excluding hydrogens is 362 g/mol. The number of anilines is 1. The number of thiocarbonyl (C=S) groups is 1. The maximum atomic E-state index is 12.3. The molecule has 0 saturated carbocycles. The van der Waals surface area contributed by atoms with E-state index in [4.69, 9.17) is 12.2 Å². The quantitative estimate of drug-likeness (QED) is 0.412. The summed E-state index contributed by atoms with van der Waals surface area (Å²) < 4.78 is 1.43. The molecule has 0 bridgehead atoms. The van der Waals surface area contributed by atoms with Gasteiger partial charge in [-0.2, -0.15) is 5.10 Å². The molecule has 7 nitrogen and oxygen atoms in total. The van der Waals surface area contributed by atoms with Gasteiger partial charge in [-0.05, 0) is 55.4 Å². The zero-order chi connectivity index (χ0) is 19.4. The van der Waals surface area contributed by atoms with Gasteiger partial charge in [0.25, 0.3) is 5.91 Å². The van der Waals surface area contributed by atoms with E-state index in [0.29, 0.717) is 0 Å². The third-order valence-electron chi connectivity index (χ3n) is 3.86. The van der Waals surface area contributed by atoms with E-state index in [2.05, 4.69) is 21.3 Å². The average molecular weight is 381 g/mol. The number of aromatic hydroxyl groups is 1. The Morgan fingerprint density at radius 2 is 1.85 bits per heavy atom. The van der Waals surface area contributed by atoms with Crippen molar-refractivity contribution in [1.82, 2.24) is 20.6 Å². The number of carbonyl (C=O) groups excluding carboxylic acids is 1. The van der Waals surface area contributed by atoms with Crippen LogP contribution in [0.4, 0.5) is 5.69 Å². The fourth-order valence-electron chi connectivity index (χ4n) is 2.44. The van der Waals surface area contributed by atoms with Crippen LogP contribution in [0.2, 0.25) is 0 Å². The number of amides is 1. The molecule has 0 atom stereocenters. The van der Waals surface area contributed by atoms with Gasteiger partial charge in [-0.1, -0.05) is 30.3 Å². The number of benzene rings is 2. The largest absolute Gasteiger partial charge is 0.504 e. The van der Waals surface area contributed by atoms with E-state index in [1.807, 2.05) is 62.4 Å². The summed E-state index contributed by atoms with van der Waals surface area (Å²) in [6.45, 7) is 3.94. The predicted octanol–water partition coefficient (Wildman–Crippen LogP) is 2.83. The number of hydrazine groups is 1. The molecule has 0 fully saturated rings. The van der Waals surface area contributed by atoms with Gasteiger partial charge >= 0.3 is 0 Å². The monoisotopic (exact) mass is 381 g/mol. The molecule has 1 heterocycles. The van der Waals surface area contributed by atoms with Crippen molar-refractivity contribution in [3.63, 3.8) is 0 Å². The Morgan fingerprint density at radius 1 is 1.11 bits per heavy atom. The standard InChI is InChI=1S/C19H19N5O2S/c1-12-8-9-13(2)15(10-12)20-19(27)22-21-18(26)17-16(25)11-24(23-17)14-6-4-3-5-7-14/h3-11,25H,1-2H3,(H,21,26)(H2,20,22,27). The Balaban J connectivity index is 1.63. The molecule has 138 valence electrons. The Kier molecular flexibility index (Phi) is 5.37. The third kappa shape index (κ3) is 4.42. The van der Waals surface area contributed by atoms with Crippen LogP contribution in [-0.4, -0.2) is 25.9 Å². The van der Waals surface area contributed by atoms with Crippen molar-refractivity contribution in [2.24, 2.45) is 0 Å². The van der Waals surface area contributed by atoms with Gasteiger partial charge in [-0.15, -0.1) is 0 Å². The lowest BCUT2D eigenvalue weighted by atomic mass is 10.1. The molecule has 0 spiro atoms. The molecule has 8 heteroatoms. The minimum atomic E-state index is -0.604. The van der Waals surface area contributed by atoms with Crippen LogP contribution in [0, 0.1) is 13.8 Å². The van der Waals surface area contributed by atoms with Gasteiger partial charge in [-0.25, -0.2) is 4.68 Å². The van der Waals surface area contributed by atoms with Crippen LogP contribution in [0.3, 0.4) is 0 Å². The van der Waals surface area contributed by atoms with Crippen molar-refractivity contribution in [2.45, 2.75) is 13.8 Å². The molecule has 1 aromatic heterocycles. The first-order chi connectivity index (χ1) is 12.9. The van der Waals surface area contributed by atoms with E-state index in [1.54, 1.807) is 0 Å². The van der Waals surface area contributed by atoms with Crippen molar-refractivity contribution in [1.29, 1.82) is 0 Å². The summed E-state index contributed by atoms with van der Waals surface area (Å²) in [5.74, 6) is -0.834. The Hall–Kier alpha value is -3.39. The van der Waals surface area contributed by atoms with E-state index in [9.17, 15) is 9.90 Å². The third-order valence-corrected chi connectivity index (χ3v) is 4.07. The zero-order valence-corrected chi connectivity index (χ0v) is 15.7. The topological polar surface area (TPSA) is 91.2 Å². The molecule has 0 saturated heterocycles. The van der Waals surface area contributed by atoms with Gasteiger partial charge in [0, 0.05) is 5.69 Å². The number of carbonyl (C=O) groups is 1. The molecule has 27 heavy (non-hydrogen) atoms. The zero-order valence-electron chi connectivity index (χ0n) is 14.9. The number of hydrogen-bond acceptors (Lipinski definition) is 4. The first-order valence-corrected chi connectivity index (χ1v) is 8.63. The van der Waals surface area contributed by atoms with Crippen LogP contribution in [0.5, 0.6) is 5.75 Å². The Bertz CT molecular complexity index is 985. The summed E-state index contributed by atoms with van der Waals surface area (Å²) in [4.78, 5) is 12.3. The van der Waals surface area contributed by atoms with E-state index in [1.165, 1.54) is 10.9 Å². The van der Waals surface area contributed by atoms with Crippen LogP contribution in [0.15, 0.2) is 54.7 Å². The molecule has 0 radical (unpaired) electrons. The lowest BCUT2D eigenvalue weighted by Crippen LogP contribution is -2.44. The van der Waals surface area contributed by atoms with Crippen LogP contribution >= 0.6 is 12.2 Å². The molecule has 0 aliphatic rings. The van der Waals surface area contributed by atoms with E-state index in [-0.39, 0.29) is 16.6 Å². The summed E-state index contributed by atoms with van der Waals surface area (Å²) >= 11 is 5.20.